The lowest BCUT2D eigenvalue weighted by Gasteiger charge is -2.32. The smallest absolute Gasteiger partial charge is 0.149 e. The van der Waals surface area contributed by atoms with E-state index in [4.69, 9.17) is 5.73 Å². The number of aromatic nitrogens is 1. The van der Waals surface area contributed by atoms with Crippen LogP contribution in [-0.2, 0) is 0 Å². The van der Waals surface area contributed by atoms with Crippen LogP contribution in [0.25, 0.3) is 0 Å². The van der Waals surface area contributed by atoms with Crippen LogP contribution in [0, 0.1) is 6.92 Å². The third-order valence-corrected chi connectivity index (χ3v) is 3.35. The van der Waals surface area contributed by atoms with E-state index in [1.54, 1.807) is 0 Å². The summed E-state index contributed by atoms with van der Waals surface area (Å²) in [5, 5.41) is 3.46. The number of piperidine rings is 1. The molecule has 1 aliphatic heterocycles. The van der Waals surface area contributed by atoms with Crippen molar-refractivity contribution in [3.05, 3.63) is 17.8 Å². The lowest BCUT2D eigenvalue weighted by Crippen LogP contribution is -2.42. The summed E-state index contributed by atoms with van der Waals surface area (Å²) in [7, 11) is 0. The standard InChI is InChI=1S/C13H22N4/c1-3-17-6-4-5-11(9-17)16-13-12(14)7-10(2)8-15-13/h7-8,11H,3-6,9,14H2,1-2H3,(H,15,16). The van der Waals surface area contributed by atoms with Gasteiger partial charge in [-0.25, -0.2) is 4.98 Å². The summed E-state index contributed by atoms with van der Waals surface area (Å²) >= 11 is 0. The number of nitrogens with one attached hydrogen (secondary N) is 1. The Hall–Kier alpha value is -1.29. The van der Waals surface area contributed by atoms with E-state index < -0.39 is 0 Å². The Morgan fingerprint density at radius 1 is 1.59 bits per heavy atom. The molecule has 4 nitrogen and oxygen atoms in total. The summed E-state index contributed by atoms with van der Waals surface area (Å²) in [6.07, 6.45) is 4.31. The largest absolute Gasteiger partial charge is 0.396 e. The summed E-state index contributed by atoms with van der Waals surface area (Å²) in [4.78, 5) is 6.83. The van der Waals surface area contributed by atoms with Crippen LogP contribution >= 0.6 is 0 Å². The Morgan fingerprint density at radius 3 is 3.12 bits per heavy atom. The summed E-state index contributed by atoms with van der Waals surface area (Å²) in [6, 6.07) is 2.44. The van der Waals surface area contributed by atoms with Gasteiger partial charge in [0.1, 0.15) is 5.82 Å². The first-order valence-electron chi connectivity index (χ1n) is 6.40. The maximum absolute atomic E-state index is 5.97. The van der Waals surface area contributed by atoms with Crippen molar-refractivity contribution >= 4 is 11.5 Å². The molecule has 3 N–H and O–H groups in total. The molecule has 0 amide bonds. The molecule has 0 bridgehead atoms. The first-order valence-corrected chi connectivity index (χ1v) is 6.40. The fourth-order valence-corrected chi connectivity index (χ4v) is 2.37. The van der Waals surface area contributed by atoms with Gasteiger partial charge in [0, 0.05) is 18.8 Å². The number of anilines is 2. The van der Waals surface area contributed by atoms with Gasteiger partial charge in [-0.1, -0.05) is 6.92 Å². The third-order valence-electron chi connectivity index (χ3n) is 3.35. The molecule has 2 rings (SSSR count). The molecule has 94 valence electrons. The third kappa shape index (κ3) is 3.09. The van der Waals surface area contributed by atoms with Crippen LogP contribution in [0.3, 0.4) is 0 Å². The highest BCUT2D eigenvalue weighted by molar-refractivity contribution is 5.62. The van der Waals surface area contributed by atoms with E-state index in [2.05, 4.69) is 22.1 Å². The number of nitrogens with two attached hydrogens (primary N) is 1. The SMILES string of the molecule is CCN1CCCC(Nc2ncc(C)cc2N)C1. The molecular weight excluding hydrogens is 212 g/mol. The number of nitrogen functional groups attached to an aromatic ring is 1. The van der Waals surface area contributed by atoms with Gasteiger partial charge in [0.15, 0.2) is 0 Å². The monoisotopic (exact) mass is 234 g/mol. The minimum atomic E-state index is 0.473. The van der Waals surface area contributed by atoms with Crippen molar-refractivity contribution in [2.24, 2.45) is 0 Å². The predicted octanol–water partition coefficient (Wildman–Crippen LogP) is 1.87. The molecule has 1 aromatic heterocycles. The first-order chi connectivity index (χ1) is 8.19. The summed E-state index contributed by atoms with van der Waals surface area (Å²) in [6.45, 7) is 7.64. The van der Waals surface area contributed by atoms with Crippen LogP contribution in [0.15, 0.2) is 12.3 Å². The van der Waals surface area contributed by atoms with Crippen LogP contribution in [0.2, 0.25) is 0 Å². The van der Waals surface area contributed by atoms with Gasteiger partial charge >= 0.3 is 0 Å². The Balaban J connectivity index is 2.00. The normalized spacial score (nSPS) is 21.4. The molecule has 0 aliphatic carbocycles. The van der Waals surface area contributed by atoms with E-state index in [0.29, 0.717) is 6.04 Å². The average molecular weight is 234 g/mol. The average Bonchev–Trinajstić information content (AvgIpc) is 2.33. The molecule has 0 spiro atoms. The van der Waals surface area contributed by atoms with E-state index in [-0.39, 0.29) is 0 Å². The number of hydrogen-bond donors (Lipinski definition) is 2. The maximum Gasteiger partial charge on any atom is 0.149 e. The Labute approximate surface area is 103 Å². The molecule has 17 heavy (non-hydrogen) atoms. The molecule has 1 fully saturated rings. The van der Waals surface area contributed by atoms with Crippen molar-refractivity contribution in [1.29, 1.82) is 0 Å². The molecule has 2 heterocycles. The van der Waals surface area contributed by atoms with E-state index in [1.165, 1.54) is 19.4 Å². The molecular formula is C13H22N4. The number of nitrogens with zero attached hydrogens (tertiary/aromatic N) is 2. The van der Waals surface area contributed by atoms with Crippen LogP contribution in [0.1, 0.15) is 25.3 Å². The fourth-order valence-electron chi connectivity index (χ4n) is 2.37. The second-order valence-corrected chi connectivity index (χ2v) is 4.83. The second-order valence-electron chi connectivity index (χ2n) is 4.83. The number of hydrogen-bond acceptors (Lipinski definition) is 4. The number of likely N-dealkylation sites (N-methyl/N-ethyl adjacent to an activating group) is 1. The number of rotatable bonds is 3. The fraction of sp³-hybridized carbons (Fsp3) is 0.615. The molecule has 0 saturated carbocycles. The molecule has 1 unspecified atom stereocenters. The minimum Gasteiger partial charge on any atom is -0.396 e. The van der Waals surface area contributed by atoms with E-state index in [1.807, 2.05) is 19.2 Å². The van der Waals surface area contributed by atoms with E-state index >= 15 is 0 Å². The van der Waals surface area contributed by atoms with Gasteiger partial charge in [-0.05, 0) is 44.5 Å². The highest BCUT2D eigenvalue weighted by Gasteiger charge is 2.19. The quantitative estimate of drug-likeness (QED) is 0.838. The van der Waals surface area contributed by atoms with E-state index in [9.17, 15) is 0 Å². The zero-order valence-electron chi connectivity index (χ0n) is 10.7. The molecule has 1 atom stereocenters. The summed E-state index contributed by atoms with van der Waals surface area (Å²) < 4.78 is 0. The topological polar surface area (TPSA) is 54.2 Å². The number of likely N-dealkylation sites (tertiary alicyclic amines) is 1. The van der Waals surface area contributed by atoms with Crippen LogP contribution < -0.4 is 11.1 Å². The van der Waals surface area contributed by atoms with Crippen molar-refractivity contribution in [3.63, 3.8) is 0 Å². The Morgan fingerprint density at radius 2 is 2.41 bits per heavy atom. The highest BCUT2D eigenvalue weighted by atomic mass is 15.2. The lowest BCUT2D eigenvalue weighted by atomic mass is 10.1. The van der Waals surface area contributed by atoms with Gasteiger partial charge in [-0.3, -0.25) is 0 Å². The molecule has 0 aromatic carbocycles. The second kappa shape index (κ2) is 5.36. The van der Waals surface area contributed by atoms with Gasteiger partial charge in [0.25, 0.3) is 0 Å². The van der Waals surface area contributed by atoms with Crippen molar-refractivity contribution in [3.8, 4) is 0 Å². The Kier molecular flexibility index (Phi) is 3.84. The molecule has 4 heteroatoms. The van der Waals surface area contributed by atoms with Crippen molar-refractivity contribution in [2.75, 3.05) is 30.7 Å². The zero-order valence-corrected chi connectivity index (χ0v) is 10.7. The molecule has 0 radical (unpaired) electrons. The van der Waals surface area contributed by atoms with Crippen LogP contribution in [0.4, 0.5) is 11.5 Å². The first kappa shape index (κ1) is 12.2. The maximum atomic E-state index is 5.97. The highest BCUT2D eigenvalue weighted by Crippen LogP contribution is 2.20. The van der Waals surface area contributed by atoms with Gasteiger partial charge in [-0.2, -0.15) is 0 Å². The van der Waals surface area contributed by atoms with Crippen molar-refractivity contribution in [1.82, 2.24) is 9.88 Å². The number of aryl methyl sites for hydroxylation is 1. The molecule has 1 aromatic rings. The Bertz CT molecular complexity index is 378. The lowest BCUT2D eigenvalue weighted by molar-refractivity contribution is 0.226. The van der Waals surface area contributed by atoms with Gasteiger partial charge < -0.3 is 16.0 Å². The van der Waals surface area contributed by atoms with Gasteiger partial charge in [-0.15, -0.1) is 0 Å². The van der Waals surface area contributed by atoms with Crippen molar-refractivity contribution < 1.29 is 0 Å². The molecule has 1 aliphatic rings. The minimum absolute atomic E-state index is 0.473. The van der Waals surface area contributed by atoms with Gasteiger partial charge in [0.05, 0.1) is 5.69 Å². The zero-order chi connectivity index (χ0) is 12.3. The predicted molar refractivity (Wildman–Crippen MR) is 72.1 cm³/mol. The summed E-state index contributed by atoms with van der Waals surface area (Å²) in [5.74, 6) is 0.832. The van der Waals surface area contributed by atoms with E-state index in [0.717, 1.165) is 30.2 Å². The van der Waals surface area contributed by atoms with Gasteiger partial charge in [0.2, 0.25) is 0 Å². The van der Waals surface area contributed by atoms with Crippen molar-refractivity contribution in [2.45, 2.75) is 32.7 Å². The number of pyridine rings is 1. The summed E-state index contributed by atoms with van der Waals surface area (Å²) in [5.41, 5.74) is 7.82. The van der Waals surface area contributed by atoms with Crippen LogP contribution in [0.5, 0.6) is 0 Å². The molecule has 1 saturated heterocycles. The van der Waals surface area contributed by atoms with Crippen LogP contribution in [-0.4, -0.2) is 35.6 Å².